The number of halogens is 3. The summed E-state index contributed by atoms with van der Waals surface area (Å²) in [6.45, 7) is 4.09. The van der Waals surface area contributed by atoms with Crippen molar-refractivity contribution in [1.29, 1.82) is 0 Å². The molecule has 0 spiro atoms. The first-order valence-corrected chi connectivity index (χ1v) is 12.7. The number of esters is 1. The topological polar surface area (TPSA) is 88.1 Å². The first-order valence-electron chi connectivity index (χ1n) is 9.90. The minimum Gasteiger partial charge on any atom is -0.492 e. The van der Waals surface area contributed by atoms with Gasteiger partial charge in [0.15, 0.2) is 0 Å². The molecule has 2 aromatic carbocycles. The quantitative estimate of drug-likeness (QED) is 0.276. The van der Waals surface area contributed by atoms with Gasteiger partial charge in [-0.25, -0.2) is 8.42 Å². The van der Waals surface area contributed by atoms with E-state index >= 15 is 0 Å². The van der Waals surface area contributed by atoms with Crippen LogP contribution in [0.4, 0.5) is 0 Å². The molecule has 2 atom stereocenters. The summed E-state index contributed by atoms with van der Waals surface area (Å²) in [6, 6.07) is 8.32. The third-order valence-electron chi connectivity index (χ3n) is 4.33. The molecule has 0 amide bonds. The smallest absolute Gasteiger partial charge is 0.303 e. The van der Waals surface area contributed by atoms with E-state index in [1.165, 1.54) is 43.3 Å². The minimum atomic E-state index is -3.90. The zero-order chi connectivity index (χ0) is 24.6. The zero-order valence-electron chi connectivity index (χ0n) is 18.3. The summed E-state index contributed by atoms with van der Waals surface area (Å²) >= 11 is 18.2. The molecular formula is C22H25Cl3O7S. The van der Waals surface area contributed by atoms with Crippen molar-refractivity contribution in [3.05, 3.63) is 46.4 Å². The lowest BCUT2D eigenvalue weighted by atomic mass is 10.2. The normalized spacial score (nSPS) is 13.3. The average Bonchev–Trinajstić information content (AvgIpc) is 2.76. The molecule has 0 fully saturated rings. The molecular weight excluding hydrogens is 515 g/mol. The van der Waals surface area contributed by atoms with E-state index in [1.807, 2.05) is 6.92 Å². The number of benzene rings is 2. The lowest BCUT2D eigenvalue weighted by Gasteiger charge is -2.16. The van der Waals surface area contributed by atoms with Crippen molar-refractivity contribution in [2.45, 2.75) is 29.7 Å². The van der Waals surface area contributed by atoms with Gasteiger partial charge in [0.1, 0.15) is 24.2 Å². The van der Waals surface area contributed by atoms with E-state index in [0.29, 0.717) is 19.0 Å². The highest BCUT2D eigenvalue weighted by Gasteiger charge is 2.21. The highest BCUT2D eigenvalue weighted by atomic mass is 35.5. The van der Waals surface area contributed by atoms with E-state index < -0.39 is 21.9 Å². The Morgan fingerprint density at radius 3 is 1.88 bits per heavy atom. The molecule has 0 radical (unpaired) electrons. The summed E-state index contributed by atoms with van der Waals surface area (Å²) in [4.78, 5) is 11.0. The number of carbonyl (C=O) groups is 1. The maximum atomic E-state index is 13.1. The molecule has 0 heterocycles. The Kier molecular flexibility index (Phi) is 10.6. The number of rotatable bonds is 12. The molecule has 2 rings (SSSR count). The van der Waals surface area contributed by atoms with Crippen molar-refractivity contribution in [3.8, 4) is 11.5 Å². The van der Waals surface area contributed by atoms with Gasteiger partial charge in [-0.15, -0.1) is 11.6 Å². The minimum absolute atomic E-state index is 0.00779. The Balaban J connectivity index is 2.15. The molecule has 0 bridgehead atoms. The molecule has 0 N–H and O–H groups in total. The van der Waals surface area contributed by atoms with Gasteiger partial charge in [-0.1, -0.05) is 30.1 Å². The molecule has 0 aliphatic carbocycles. The lowest BCUT2D eigenvalue weighted by Crippen LogP contribution is -2.25. The van der Waals surface area contributed by atoms with Crippen molar-refractivity contribution >= 4 is 50.6 Å². The first kappa shape index (κ1) is 27.5. The van der Waals surface area contributed by atoms with Gasteiger partial charge in [0.25, 0.3) is 0 Å². The second kappa shape index (κ2) is 12.7. The van der Waals surface area contributed by atoms with Crippen LogP contribution in [-0.4, -0.2) is 53.3 Å². The Hall–Kier alpha value is -1.71. The van der Waals surface area contributed by atoms with Crippen molar-refractivity contribution in [3.63, 3.8) is 0 Å². The molecule has 182 valence electrons. The highest BCUT2D eigenvalue weighted by Crippen LogP contribution is 2.33. The second-order valence-corrected chi connectivity index (χ2v) is 10.3. The highest BCUT2D eigenvalue weighted by molar-refractivity contribution is 7.91. The summed E-state index contributed by atoms with van der Waals surface area (Å²) in [7, 11) is -2.29. The maximum Gasteiger partial charge on any atom is 0.303 e. The van der Waals surface area contributed by atoms with Gasteiger partial charge in [0.2, 0.25) is 9.84 Å². The lowest BCUT2D eigenvalue weighted by molar-refractivity contribution is -0.146. The Morgan fingerprint density at radius 1 is 0.939 bits per heavy atom. The molecule has 7 nitrogen and oxygen atoms in total. The molecule has 0 aliphatic heterocycles. The van der Waals surface area contributed by atoms with E-state index in [-0.39, 0.29) is 44.0 Å². The number of sulfone groups is 1. The second-order valence-electron chi connectivity index (χ2n) is 7.26. The summed E-state index contributed by atoms with van der Waals surface area (Å²) < 4.78 is 47.4. The monoisotopic (exact) mass is 538 g/mol. The van der Waals surface area contributed by atoms with Gasteiger partial charge in [-0.2, -0.15) is 0 Å². The summed E-state index contributed by atoms with van der Waals surface area (Å²) in [5.41, 5.74) is 0. The fourth-order valence-corrected chi connectivity index (χ4v) is 4.82. The van der Waals surface area contributed by atoms with Crippen LogP contribution in [0, 0.1) is 5.92 Å². The number of hydrogen-bond acceptors (Lipinski definition) is 7. The molecule has 0 saturated carbocycles. The van der Waals surface area contributed by atoms with Crippen molar-refractivity contribution in [1.82, 2.24) is 0 Å². The van der Waals surface area contributed by atoms with E-state index in [2.05, 4.69) is 0 Å². The van der Waals surface area contributed by atoms with E-state index in [9.17, 15) is 13.2 Å². The van der Waals surface area contributed by atoms with Crippen LogP contribution in [0.15, 0.2) is 46.2 Å². The predicted octanol–water partition coefficient (Wildman–Crippen LogP) is 5.04. The average molecular weight is 540 g/mol. The molecule has 0 aliphatic rings. The third-order valence-corrected chi connectivity index (χ3v) is 7.02. The number of carbonyl (C=O) groups excluding carboxylic acids is 1. The molecule has 0 aromatic heterocycles. The van der Waals surface area contributed by atoms with E-state index in [1.54, 1.807) is 7.11 Å². The predicted molar refractivity (Wildman–Crippen MR) is 127 cm³/mol. The Bertz CT molecular complexity index is 1060. The van der Waals surface area contributed by atoms with E-state index in [4.69, 9.17) is 53.8 Å². The summed E-state index contributed by atoms with van der Waals surface area (Å²) in [5, 5.41) is 0.245. The number of methoxy groups -OCH3 is 1. The molecule has 0 saturated heterocycles. The molecule has 33 heavy (non-hydrogen) atoms. The van der Waals surface area contributed by atoms with Crippen LogP contribution in [0.2, 0.25) is 10.0 Å². The van der Waals surface area contributed by atoms with Gasteiger partial charge in [-0.05, 0) is 36.4 Å². The van der Waals surface area contributed by atoms with Crippen LogP contribution < -0.4 is 9.47 Å². The van der Waals surface area contributed by atoms with Crippen LogP contribution in [0.25, 0.3) is 0 Å². The molecule has 2 aromatic rings. The standard InChI is InChI=1S/C22H25Cl3O7S/c1-14(11-29-3)12-30-21-6-4-17(8-19(21)24)33(27,28)18-5-7-22(20(25)9-18)31-13-16(10-23)32-15(2)26/h4-9,14,16H,10-13H2,1-3H3. The third kappa shape index (κ3) is 7.93. The van der Waals surface area contributed by atoms with Gasteiger partial charge in [-0.3, -0.25) is 4.79 Å². The molecule has 2 unspecified atom stereocenters. The van der Waals surface area contributed by atoms with Crippen LogP contribution in [0.5, 0.6) is 11.5 Å². The van der Waals surface area contributed by atoms with Crippen LogP contribution >= 0.6 is 34.8 Å². The maximum absolute atomic E-state index is 13.1. The van der Waals surface area contributed by atoms with E-state index in [0.717, 1.165) is 0 Å². The van der Waals surface area contributed by atoms with Crippen LogP contribution in [-0.2, 0) is 24.1 Å². The Morgan fingerprint density at radius 2 is 1.45 bits per heavy atom. The van der Waals surface area contributed by atoms with Gasteiger partial charge < -0.3 is 18.9 Å². The number of ether oxygens (including phenoxy) is 4. The number of hydrogen-bond donors (Lipinski definition) is 0. The number of alkyl halides is 1. The van der Waals surface area contributed by atoms with Crippen molar-refractivity contribution in [2.24, 2.45) is 5.92 Å². The van der Waals surface area contributed by atoms with Crippen LogP contribution in [0.3, 0.4) is 0 Å². The first-order chi connectivity index (χ1) is 15.6. The van der Waals surface area contributed by atoms with Gasteiger partial charge in [0.05, 0.1) is 38.9 Å². The van der Waals surface area contributed by atoms with Gasteiger partial charge >= 0.3 is 5.97 Å². The largest absolute Gasteiger partial charge is 0.492 e. The Labute approximate surface area is 208 Å². The fourth-order valence-electron chi connectivity index (χ4n) is 2.76. The summed E-state index contributed by atoms with van der Waals surface area (Å²) in [5.74, 6) is 0.296. The zero-order valence-corrected chi connectivity index (χ0v) is 21.4. The van der Waals surface area contributed by atoms with Crippen molar-refractivity contribution in [2.75, 3.05) is 32.8 Å². The van der Waals surface area contributed by atoms with Gasteiger partial charge in [0, 0.05) is 20.0 Å². The SMILES string of the molecule is COCC(C)COc1ccc(S(=O)(=O)c2ccc(OCC(CCl)OC(C)=O)c(Cl)c2)cc1Cl. The summed E-state index contributed by atoms with van der Waals surface area (Å²) in [6.07, 6.45) is -0.663. The van der Waals surface area contributed by atoms with Crippen molar-refractivity contribution < 1.29 is 32.2 Å². The van der Waals surface area contributed by atoms with Crippen LogP contribution in [0.1, 0.15) is 13.8 Å². The molecule has 11 heteroatoms. The fraction of sp³-hybridized carbons (Fsp3) is 0.409.